The molecule has 2 aromatic carbocycles. The third-order valence-electron chi connectivity index (χ3n) is 5.58. The fourth-order valence-electron chi connectivity index (χ4n) is 3.94. The molecule has 1 heterocycles. The highest BCUT2D eigenvalue weighted by molar-refractivity contribution is 5.28. The van der Waals surface area contributed by atoms with Gasteiger partial charge in [0.2, 0.25) is 0 Å². The highest BCUT2D eigenvalue weighted by Crippen LogP contribution is 2.13. The van der Waals surface area contributed by atoms with E-state index in [1.54, 1.807) is 0 Å². The molecule has 1 aliphatic heterocycles. The summed E-state index contributed by atoms with van der Waals surface area (Å²) < 4.78 is 11.4. The van der Waals surface area contributed by atoms with Crippen molar-refractivity contribution in [3.8, 4) is 11.5 Å². The Morgan fingerprint density at radius 3 is 1.50 bits per heavy atom. The molecular weight excluding hydrogens is 380 g/mol. The number of aliphatic hydroxyl groups is 2. The lowest BCUT2D eigenvalue weighted by Crippen LogP contribution is -3.29. The van der Waals surface area contributed by atoms with Gasteiger partial charge in [0.15, 0.2) is 0 Å². The third kappa shape index (κ3) is 7.61. The Balaban J connectivity index is 1.31. The molecule has 0 saturated carbocycles. The number of aryl methyl sites for hydroxylation is 2. The van der Waals surface area contributed by atoms with Crippen molar-refractivity contribution in [2.24, 2.45) is 0 Å². The van der Waals surface area contributed by atoms with Crippen LogP contribution in [0.1, 0.15) is 11.1 Å². The zero-order valence-corrected chi connectivity index (χ0v) is 18.1. The minimum atomic E-state index is -0.476. The quantitative estimate of drug-likeness (QED) is 0.412. The van der Waals surface area contributed by atoms with Crippen molar-refractivity contribution in [1.29, 1.82) is 0 Å². The van der Waals surface area contributed by atoms with Crippen LogP contribution in [-0.2, 0) is 0 Å². The lowest BCUT2D eigenvalue weighted by molar-refractivity contribution is -1.01. The number of rotatable bonds is 10. The number of piperazine rings is 1. The summed E-state index contributed by atoms with van der Waals surface area (Å²) in [5.74, 6) is 1.61. The highest BCUT2D eigenvalue weighted by Gasteiger charge is 2.26. The number of aliphatic hydroxyl groups excluding tert-OH is 2. The normalized spacial score (nSPS) is 21.1. The molecule has 0 amide bonds. The fourth-order valence-corrected chi connectivity index (χ4v) is 3.94. The Morgan fingerprint density at radius 2 is 1.13 bits per heavy atom. The van der Waals surface area contributed by atoms with Gasteiger partial charge in [0.05, 0.1) is 0 Å². The average molecular weight is 417 g/mol. The molecule has 0 spiro atoms. The van der Waals surface area contributed by atoms with Crippen LogP contribution >= 0.6 is 0 Å². The van der Waals surface area contributed by atoms with E-state index in [4.69, 9.17) is 9.47 Å². The van der Waals surface area contributed by atoms with E-state index >= 15 is 0 Å². The first-order valence-corrected chi connectivity index (χ1v) is 10.9. The van der Waals surface area contributed by atoms with Crippen LogP contribution < -0.4 is 19.3 Å². The van der Waals surface area contributed by atoms with Crippen LogP contribution in [-0.4, -0.2) is 74.9 Å². The van der Waals surface area contributed by atoms with Crippen LogP contribution in [0.15, 0.2) is 48.5 Å². The van der Waals surface area contributed by atoms with E-state index in [0.717, 1.165) is 48.8 Å². The molecule has 2 atom stereocenters. The lowest BCUT2D eigenvalue weighted by atomic mass is 10.2. The van der Waals surface area contributed by atoms with Gasteiger partial charge in [0.25, 0.3) is 0 Å². The van der Waals surface area contributed by atoms with E-state index in [1.165, 1.54) is 9.80 Å². The summed E-state index contributed by atoms with van der Waals surface area (Å²) in [6.07, 6.45) is -0.953. The van der Waals surface area contributed by atoms with Gasteiger partial charge in [0, 0.05) is 0 Å². The van der Waals surface area contributed by atoms with Crippen LogP contribution in [0.4, 0.5) is 0 Å². The largest absolute Gasteiger partial charge is 0.491 e. The van der Waals surface area contributed by atoms with E-state index in [0.29, 0.717) is 26.3 Å². The predicted octanol–water partition coefficient (Wildman–Crippen LogP) is -0.734. The number of hydrogen-bond acceptors (Lipinski definition) is 4. The van der Waals surface area contributed by atoms with Gasteiger partial charge in [-0.05, 0) is 49.2 Å². The van der Waals surface area contributed by atoms with Gasteiger partial charge < -0.3 is 29.5 Å². The average Bonchev–Trinajstić information content (AvgIpc) is 2.72. The summed E-state index contributed by atoms with van der Waals surface area (Å²) in [6.45, 7) is 10.0. The number of benzene rings is 2. The Kier molecular flexibility index (Phi) is 8.51. The Hall–Kier alpha value is -2.12. The van der Waals surface area contributed by atoms with Gasteiger partial charge in [0.1, 0.15) is 76.2 Å². The summed E-state index contributed by atoms with van der Waals surface area (Å²) in [5, 5.41) is 20.7. The number of quaternary nitrogens is 2. The van der Waals surface area contributed by atoms with Crippen molar-refractivity contribution < 1.29 is 29.5 Å². The molecule has 1 fully saturated rings. The Bertz CT molecular complexity index is 712. The molecule has 0 aliphatic carbocycles. The van der Waals surface area contributed by atoms with Crippen LogP contribution in [0.25, 0.3) is 0 Å². The van der Waals surface area contributed by atoms with Crippen molar-refractivity contribution in [1.82, 2.24) is 0 Å². The van der Waals surface area contributed by atoms with Crippen LogP contribution in [0.2, 0.25) is 0 Å². The first kappa shape index (κ1) is 22.6. The standard InChI is InChI=1S/C24H34N2O4/c1-19-5-3-7-23(13-19)29-17-21(27)15-25-9-11-26(12-10-25)16-22(28)18-30-24-8-4-6-20(2)14-24/h3-8,13-14,21-22,27-28H,9-12,15-18H2,1-2H3/p+2. The summed E-state index contributed by atoms with van der Waals surface area (Å²) in [4.78, 5) is 2.79. The van der Waals surface area contributed by atoms with Crippen LogP contribution in [0.3, 0.4) is 0 Å². The fraction of sp³-hybridized carbons (Fsp3) is 0.500. The monoisotopic (exact) mass is 416 g/mol. The molecule has 164 valence electrons. The third-order valence-corrected chi connectivity index (χ3v) is 5.58. The SMILES string of the molecule is Cc1cccc(OCC(O)C[NH+]2CC[NH+](CC(O)COc3cccc(C)c3)CC2)c1. The lowest BCUT2D eigenvalue weighted by Gasteiger charge is -2.31. The highest BCUT2D eigenvalue weighted by atomic mass is 16.5. The van der Waals surface area contributed by atoms with Crippen molar-refractivity contribution in [3.63, 3.8) is 0 Å². The maximum Gasteiger partial charge on any atom is 0.137 e. The van der Waals surface area contributed by atoms with Crippen molar-refractivity contribution >= 4 is 0 Å². The van der Waals surface area contributed by atoms with Gasteiger partial charge in [-0.15, -0.1) is 0 Å². The minimum absolute atomic E-state index is 0.318. The minimum Gasteiger partial charge on any atom is -0.491 e. The van der Waals surface area contributed by atoms with E-state index in [1.807, 2.05) is 62.4 Å². The van der Waals surface area contributed by atoms with Crippen LogP contribution in [0, 0.1) is 13.8 Å². The number of ether oxygens (including phenoxy) is 2. The molecule has 2 aromatic rings. The molecule has 4 N–H and O–H groups in total. The molecular formula is C24H36N2O4+2. The Morgan fingerprint density at radius 1 is 0.733 bits per heavy atom. The molecule has 0 radical (unpaired) electrons. The van der Waals surface area contributed by atoms with Crippen molar-refractivity contribution in [2.45, 2.75) is 26.1 Å². The summed E-state index contributed by atoms with van der Waals surface area (Å²) in [5.41, 5.74) is 2.30. The molecule has 0 bridgehead atoms. The molecule has 2 unspecified atom stereocenters. The molecule has 30 heavy (non-hydrogen) atoms. The summed E-state index contributed by atoms with van der Waals surface area (Å²) >= 11 is 0. The van der Waals surface area contributed by atoms with E-state index in [2.05, 4.69) is 0 Å². The zero-order valence-electron chi connectivity index (χ0n) is 18.1. The van der Waals surface area contributed by atoms with Gasteiger partial charge in [-0.25, -0.2) is 0 Å². The first-order chi connectivity index (χ1) is 14.5. The predicted molar refractivity (Wildman–Crippen MR) is 116 cm³/mol. The number of nitrogens with one attached hydrogen (secondary N) is 2. The second-order valence-electron chi connectivity index (χ2n) is 8.47. The Labute approximate surface area is 179 Å². The maximum atomic E-state index is 10.3. The van der Waals surface area contributed by atoms with Gasteiger partial charge >= 0.3 is 0 Å². The molecule has 1 aliphatic rings. The van der Waals surface area contributed by atoms with Crippen LogP contribution in [0.5, 0.6) is 11.5 Å². The van der Waals surface area contributed by atoms with Crippen molar-refractivity contribution in [2.75, 3.05) is 52.5 Å². The zero-order chi connectivity index (χ0) is 21.3. The topological polar surface area (TPSA) is 67.8 Å². The van der Waals surface area contributed by atoms with Gasteiger partial charge in [-0.3, -0.25) is 0 Å². The van der Waals surface area contributed by atoms with E-state index in [-0.39, 0.29) is 0 Å². The second-order valence-corrected chi connectivity index (χ2v) is 8.47. The van der Waals surface area contributed by atoms with E-state index in [9.17, 15) is 10.2 Å². The smallest absolute Gasteiger partial charge is 0.137 e. The van der Waals surface area contributed by atoms with E-state index < -0.39 is 12.2 Å². The van der Waals surface area contributed by atoms with Gasteiger partial charge in [-0.1, -0.05) is 24.3 Å². The first-order valence-electron chi connectivity index (χ1n) is 10.9. The molecule has 6 heteroatoms. The summed E-state index contributed by atoms with van der Waals surface area (Å²) in [6, 6.07) is 15.8. The van der Waals surface area contributed by atoms with Crippen molar-refractivity contribution in [3.05, 3.63) is 59.7 Å². The molecule has 1 saturated heterocycles. The second kappa shape index (κ2) is 11.3. The van der Waals surface area contributed by atoms with Gasteiger partial charge in [-0.2, -0.15) is 0 Å². The maximum absolute atomic E-state index is 10.3. The summed E-state index contributed by atoms with van der Waals surface area (Å²) in [7, 11) is 0. The molecule has 0 aromatic heterocycles. The number of hydrogen-bond donors (Lipinski definition) is 4. The molecule has 3 rings (SSSR count). The molecule has 6 nitrogen and oxygen atoms in total.